The number of hydrogen-bond donors (Lipinski definition) is 1. The van der Waals surface area contributed by atoms with E-state index in [1.807, 2.05) is 0 Å². The summed E-state index contributed by atoms with van der Waals surface area (Å²) in [6, 6.07) is 10.1. The monoisotopic (exact) mass is 305 g/mol. The van der Waals surface area contributed by atoms with E-state index in [1.165, 1.54) is 41.3 Å². The smallest absolute Gasteiger partial charge is 0.305 e. The van der Waals surface area contributed by atoms with Crippen LogP contribution >= 0.6 is 0 Å². The zero-order valence-electron chi connectivity index (χ0n) is 11.5. The highest BCUT2D eigenvalue weighted by Crippen LogP contribution is 2.18. The van der Waals surface area contributed by atoms with Crippen molar-refractivity contribution in [3.63, 3.8) is 0 Å². The molecule has 2 aromatic carbocycles. The fourth-order valence-electron chi connectivity index (χ4n) is 1.92. The van der Waals surface area contributed by atoms with Crippen LogP contribution < -0.4 is 4.90 Å². The van der Waals surface area contributed by atoms with Crippen molar-refractivity contribution >= 4 is 17.6 Å². The Morgan fingerprint density at radius 1 is 0.909 bits per heavy atom. The van der Waals surface area contributed by atoms with Crippen molar-refractivity contribution in [2.24, 2.45) is 0 Å². The molecule has 4 nitrogen and oxygen atoms in total. The molecule has 0 unspecified atom stereocenters. The summed E-state index contributed by atoms with van der Waals surface area (Å²) < 4.78 is 25.9. The SMILES string of the molecule is O=C(O)CCN(C(=O)c1ccc(F)cc1)c1ccc(F)cc1. The van der Waals surface area contributed by atoms with Crippen LogP contribution in [0.5, 0.6) is 0 Å². The number of amides is 1. The van der Waals surface area contributed by atoms with E-state index in [1.54, 1.807) is 0 Å². The van der Waals surface area contributed by atoms with Crippen molar-refractivity contribution in [3.8, 4) is 0 Å². The lowest BCUT2D eigenvalue weighted by atomic mass is 10.1. The fourth-order valence-corrected chi connectivity index (χ4v) is 1.92. The zero-order chi connectivity index (χ0) is 16.1. The van der Waals surface area contributed by atoms with Gasteiger partial charge in [0.05, 0.1) is 6.42 Å². The third-order valence-electron chi connectivity index (χ3n) is 3.02. The van der Waals surface area contributed by atoms with Crippen molar-refractivity contribution in [1.82, 2.24) is 0 Å². The van der Waals surface area contributed by atoms with Gasteiger partial charge in [-0.2, -0.15) is 0 Å². The highest BCUT2D eigenvalue weighted by atomic mass is 19.1. The Labute approximate surface area is 125 Å². The summed E-state index contributed by atoms with van der Waals surface area (Å²) in [6.07, 6.45) is -0.260. The second-order valence-electron chi connectivity index (χ2n) is 4.58. The molecule has 0 aliphatic carbocycles. The van der Waals surface area contributed by atoms with Crippen LogP contribution in [0.2, 0.25) is 0 Å². The van der Waals surface area contributed by atoms with Crippen molar-refractivity contribution < 1.29 is 23.5 Å². The zero-order valence-corrected chi connectivity index (χ0v) is 11.5. The van der Waals surface area contributed by atoms with Crippen LogP contribution in [0.25, 0.3) is 0 Å². The molecule has 0 aliphatic heterocycles. The number of carbonyl (C=O) groups is 2. The highest BCUT2D eigenvalue weighted by Gasteiger charge is 2.18. The van der Waals surface area contributed by atoms with Crippen LogP contribution in [-0.4, -0.2) is 23.5 Å². The van der Waals surface area contributed by atoms with E-state index in [4.69, 9.17) is 5.11 Å². The van der Waals surface area contributed by atoms with Crippen molar-refractivity contribution in [2.45, 2.75) is 6.42 Å². The molecule has 1 N–H and O–H groups in total. The molecule has 0 fully saturated rings. The summed E-state index contributed by atoms with van der Waals surface area (Å²) in [7, 11) is 0. The minimum Gasteiger partial charge on any atom is -0.481 e. The van der Waals surface area contributed by atoms with E-state index >= 15 is 0 Å². The Morgan fingerprint density at radius 3 is 1.91 bits per heavy atom. The van der Waals surface area contributed by atoms with E-state index in [9.17, 15) is 18.4 Å². The van der Waals surface area contributed by atoms with Crippen molar-refractivity contribution in [2.75, 3.05) is 11.4 Å². The standard InChI is InChI=1S/C16H13F2NO3/c17-12-3-1-11(2-4-12)16(22)19(10-9-15(20)21)14-7-5-13(18)6-8-14/h1-8H,9-10H2,(H,20,21). The molecule has 2 aromatic rings. The van der Waals surface area contributed by atoms with E-state index < -0.39 is 23.5 Å². The Hall–Kier alpha value is -2.76. The topological polar surface area (TPSA) is 57.6 Å². The number of rotatable bonds is 5. The molecule has 0 saturated heterocycles. The molecule has 0 radical (unpaired) electrons. The number of carboxylic acid groups (broad SMARTS) is 1. The van der Waals surface area contributed by atoms with Crippen LogP contribution in [0.1, 0.15) is 16.8 Å². The normalized spacial score (nSPS) is 10.3. The molecule has 2 rings (SSSR count). The lowest BCUT2D eigenvalue weighted by Crippen LogP contribution is -2.33. The quantitative estimate of drug-likeness (QED) is 0.923. The number of carboxylic acids is 1. The molecular formula is C16H13F2NO3. The Kier molecular flexibility index (Phi) is 4.83. The van der Waals surface area contributed by atoms with E-state index in [0.717, 1.165) is 12.1 Å². The number of carbonyl (C=O) groups excluding carboxylic acids is 1. The molecule has 0 bridgehead atoms. The first-order chi connectivity index (χ1) is 10.5. The van der Waals surface area contributed by atoms with Crippen molar-refractivity contribution in [3.05, 3.63) is 65.7 Å². The molecule has 0 aromatic heterocycles. The van der Waals surface area contributed by atoms with Gasteiger partial charge in [-0.15, -0.1) is 0 Å². The molecule has 114 valence electrons. The summed E-state index contributed by atoms with van der Waals surface area (Å²) in [5, 5.41) is 8.79. The molecule has 0 atom stereocenters. The number of aliphatic carboxylic acids is 1. The molecule has 0 spiro atoms. The Bertz CT molecular complexity index is 669. The molecule has 0 heterocycles. The van der Waals surface area contributed by atoms with Gasteiger partial charge in [-0.1, -0.05) is 0 Å². The molecule has 22 heavy (non-hydrogen) atoms. The third kappa shape index (κ3) is 3.88. The molecular weight excluding hydrogens is 292 g/mol. The average molecular weight is 305 g/mol. The maximum absolute atomic E-state index is 13.0. The second kappa shape index (κ2) is 6.80. The van der Waals surface area contributed by atoms with Gasteiger partial charge in [0, 0.05) is 17.8 Å². The van der Waals surface area contributed by atoms with Crippen LogP contribution in [0, 0.1) is 11.6 Å². The first kappa shape index (κ1) is 15.6. The number of nitrogens with zero attached hydrogens (tertiary/aromatic N) is 1. The van der Waals surface area contributed by atoms with Gasteiger partial charge in [-0.25, -0.2) is 8.78 Å². The van der Waals surface area contributed by atoms with Crippen LogP contribution in [-0.2, 0) is 4.79 Å². The minimum atomic E-state index is -1.06. The number of halogens is 2. The van der Waals surface area contributed by atoms with Gasteiger partial charge < -0.3 is 10.0 Å². The first-order valence-electron chi connectivity index (χ1n) is 6.52. The van der Waals surface area contributed by atoms with Crippen LogP contribution in [0.4, 0.5) is 14.5 Å². The number of hydrogen-bond acceptors (Lipinski definition) is 2. The highest BCUT2D eigenvalue weighted by molar-refractivity contribution is 6.06. The maximum atomic E-state index is 13.0. The third-order valence-corrected chi connectivity index (χ3v) is 3.02. The van der Waals surface area contributed by atoms with Gasteiger partial charge in [0.15, 0.2) is 0 Å². The lowest BCUT2D eigenvalue weighted by molar-refractivity contribution is -0.136. The van der Waals surface area contributed by atoms with Gasteiger partial charge in [0.1, 0.15) is 11.6 Å². The second-order valence-corrected chi connectivity index (χ2v) is 4.58. The maximum Gasteiger partial charge on any atom is 0.305 e. The van der Waals surface area contributed by atoms with E-state index in [0.29, 0.717) is 5.69 Å². The predicted octanol–water partition coefficient (Wildman–Crippen LogP) is 3.09. The molecule has 0 saturated carbocycles. The molecule has 6 heteroatoms. The summed E-state index contributed by atoms with van der Waals surface area (Å²) in [6.45, 7) is -0.0722. The lowest BCUT2D eigenvalue weighted by Gasteiger charge is -2.22. The summed E-state index contributed by atoms with van der Waals surface area (Å²) in [4.78, 5) is 24.4. The van der Waals surface area contributed by atoms with Gasteiger partial charge in [-0.3, -0.25) is 9.59 Å². The average Bonchev–Trinajstić information content (AvgIpc) is 2.49. The predicted molar refractivity (Wildman–Crippen MR) is 76.7 cm³/mol. The van der Waals surface area contributed by atoms with E-state index in [2.05, 4.69) is 0 Å². The fraction of sp³-hybridized carbons (Fsp3) is 0.125. The molecule has 1 amide bonds. The van der Waals surface area contributed by atoms with E-state index in [-0.39, 0.29) is 18.5 Å². The van der Waals surface area contributed by atoms with Gasteiger partial charge in [-0.05, 0) is 48.5 Å². The first-order valence-corrected chi connectivity index (χ1v) is 6.52. The minimum absolute atomic E-state index is 0.0722. The molecule has 0 aliphatic rings. The summed E-state index contributed by atoms with van der Waals surface area (Å²) >= 11 is 0. The number of benzene rings is 2. The number of anilines is 1. The van der Waals surface area contributed by atoms with Gasteiger partial charge in [0.25, 0.3) is 5.91 Å². The largest absolute Gasteiger partial charge is 0.481 e. The van der Waals surface area contributed by atoms with Crippen LogP contribution in [0.15, 0.2) is 48.5 Å². The summed E-state index contributed by atoms with van der Waals surface area (Å²) in [5.74, 6) is -2.47. The van der Waals surface area contributed by atoms with Gasteiger partial charge >= 0.3 is 5.97 Å². The van der Waals surface area contributed by atoms with Crippen molar-refractivity contribution in [1.29, 1.82) is 0 Å². The Morgan fingerprint density at radius 2 is 1.41 bits per heavy atom. The van der Waals surface area contributed by atoms with Gasteiger partial charge in [0.2, 0.25) is 0 Å². The summed E-state index contributed by atoms with van der Waals surface area (Å²) in [5.41, 5.74) is 0.591. The van der Waals surface area contributed by atoms with Crippen LogP contribution in [0.3, 0.4) is 0 Å². The Balaban J connectivity index is 2.30.